The Labute approximate surface area is 184 Å². The van der Waals surface area contributed by atoms with Gasteiger partial charge < -0.3 is 10.1 Å². The van der Waals surface area contributed by atoms with Gasteiger partial charge in [-0.15, -0.1) is 23.5 Å². The summed E-state index contributed by atoms with van der Waals surface area (Å²) in [6, 6.07) is 12.1. The van der Waals surface area contributed by atoms with E-state index in [0.717, 1.165) is 22.6 Å². The van der Waals surface area contributed by atoms with Crippen LogP contribution in [0.15, 0.2) is 42.5 Å². The highest BCUT2D eigenvalue weighted by Crippen LogP contribution is 2.43. The number of aryl methyl sites for hydroxylation is 1. The molecule has 3 rings (SSSR count). The SMILES string of the molecule is Cc1cccc(NC(=O)NC(=O)COC(=O)c2ccc(C3SCCCS3)cc2)c1C. The Kier molecular flexibility index (Phi) is 7.81. The van der Waals surface area contributed by atoms with Crippen LogP contribution in [-0.4, -0.2) is 36.0 Å². The zero-order valence-corrected chi connectivity index (χ0v) is 18.5. The van der Waals surface area contributed by atoms with Crippen LogP contribution in [0, 0.1) is 13.8 Å². The Hall–Kier alpha value is -2.45. The summed E-state index contributed by atoms with van der Waals surface area (Å²) in [5.74, 6) is 0.995. The summed E-state index contributed by atoms with van der Waals surface area (Å²) in [7, 11) is 0. The molecule has 0 spiro atoms. The van der Waals surface area contributed by atoms with Gasteiger partial charge in [0.15, 0.2) is 6.61 Å². The van der Waals surface area contributed by atoms with Gasteiger partial charge in [0.1, 0.15) is 0 Å². The van der Waals surface area contributed by atoms with Crippen LogP contribution in [0.25, 0.3) is 0 Å². The minimum atomic E-state index is -0.696. The molecule has 1 saturated heterocycles. The lowest BCUT2D eigenvalue weighted by molar-refractivity contribution is -0.123. The fraction of sp³-hybridized carbons (Fsp3) is 0.318. The van der Waals surface area contributed by atoms with Crippen LogP contribution in [-0.2, 0) is 9.53 Å². The first-order chi connectivity index (χ1) is 14.4. The third-order valence-corrected chi connectivity index (χ3v) is 7.70. The lowest BCUT2D eigenvalue weighted by Gasteiger charge is -2.21. The molecule has 1 fully saturated rings. The molecule has 1 heterocycles. The molecule has 6 nitrogen and oxygen atoms in total. The molecule has 1 aliphatic heterocycles. The van der Waals surface area contributed by atoms with Crippen molar-refractivity contribution in [2.45, 2.75) is 24.9 Å². The highest BCUT2D eigenvalue weighted by Gasteiger charge is 2.18. The summed E-state index contributed by atoms with van der Waals surface area (Å²) in [6.45, 7) is 3.28. The zero-order chi connectivity index (χ0) is 21.5. The van der Waals surface area contributed by atoms with Crippen molar-refractivity contribution in [1.82, 2.24) is 5.32 Å². The molecule has 0 unspecified atom stereocenters. The molecule has 0 bridgehead atoms. The summed E-state index contributed by atoms with van der Waals surface area (Å²) in [5, 5.41) is 4.79. The quantitative estimate of drug-likeness (QED) is 0.652. The van der Waals surface area contributed by atoms with E-state index in [9.17, 15) is 14.4 Å². The van der Waals surface area contributed by atoms with Crippen molar-refractivity contribution in [2.24, 2.45) is 0 Å². The molecular weight excluding hydrogens is 420 g/mol. The Morgan fingerprint density at radius 3 is 2.43 bits per heavy atom. The number of urea groups is 1. The lowest BCUT2D eigenvalue weighted by atomic mass is 10.1. The van der Waals surface area contributed by atoms with Crippen molar-refractivity contribution in [2.75, 3.05) is 23.4 Å². The van der Waals surface area contributed by atoms with Crippen LogP contribution in [0.2, 0.25) is 0 Å². The van der Waals surface area contributed by atoms with E-state index in [0.29, 0.717) is 15.8 Å². The highest BCUT2D eigenvalue weighted by atomic mass is 32.2. The standard InChI is InChI=1S/C22H24N2O4S2/c1-14-5-3-6-18(15(14)2)23-22(27)24-19(25)13-28-20(26)16-7-9-17(10-8-16)21-29-11-4-12-30-21/h3,5-10,21H,4,11-13H2,1-2H3,(H2,23,24,25,27). The van der Waals surface area contributed by atoms with E-state index in [4.69, 9.17) is 4.74 Å². The second kappa shape index (κ2) is 10.5. The van der Waals surface area contributed by atoms with Crippen molar-refractivity contribution in [1.29, 1.82) is 0 Å². The molecule has 0 saturated carbocycles. The van der Waals surface area contributed by atoms with Gasteiger partial charge >= 0.3 is 12.0 Å². The monoisotopic (exact) mass is 444 g/mol. The number of imide groups is 1. The van der Waals surface area contributed by atoms with Crippen molar-refractivity contribution in [3.8, 4) is 0 Å². The number of ether oxygens (including phenoxy) is 1. The summed E-state index contributed by atoms with van der Waals surface area (Å²) < 4.78 is 5.42. The Bertz CT molecular complexity index is 925. The van der Waals surface area contributed by atoms with Crippen LogP contribution in [0.3, 0.4) is 0 Å². The summed E-state index contributed by atoms with van der Waals surface area (Å²) in [4.78, 5) is 36.1. The fourth-order valence-corrected chi connectivity index (χ4v) is 5.77. The van der Waals surface area contributed by atoms with Gasteiger partial charge in [-0.05, 0) is 66.7 Å². The predicted molar refractivity (Wildman–Crippen MR) is 122 cm³/mol. The maximum absolute atomic E-state index is 12.2. The maximum atomic E-state index is 12.2. The smallest absolute Gasteiger partial charge is 0.338 e. The number of anilines is 1. The molecule has 0 aromatic heterocycles. The molecule has 3 amide bonds. The number of amides is 3. The Balaban J connectivity index is 1.46. The van der Waals surface area contributed by atoms with E-state index < -0.39 is 24.5 Å². The van der Waals surface area contributed by atoms with Gasteiger partial charge in [-0.25, -0.2) is 9.59 Å². The van der Waals surface area contributed by atoms with Crippen molar-refractivity contribution in [3.63, 3.8) is 0 Å². The van der Waals surface area contributed by atoms with Gasteiger partial charge in [-0.2, -0.15) is 0 Å². The van der Waals surface area contributed by atoms with Crippen LogP contribution in [0.4, 0.5) is 10.5 Å². The molecule has 1 aliphatic rings. The number of benzene rings is 2. The number of hydrogen-bond donors (Lipinski definition) is 2. The number of carbonyl (C=O) groups excluding carboxylic acids is 3. The Morgan fingerprint density at radius 2 is 1.73 bits per heavy atom. The third kappa shape index (κ3) is 6.03. The van der Waals surface area contributed by atoms with E-state index >= 15 is 0 Å². The fourth-order valence-electron chi connectivity index (χ4n) is 2.87. The van der Waals surface area contributed by atoms with Crippen molar-refractivity contribution < 1.29 is 19.1 Å². The topological polar surface area (TPSA) is 84.5 Å². The van der Waals surface area contributed by atoms with Gasteiger partial charge in [-0.3, -0.25) is 10.1 Å². The van der Waals surface area contributed by atoms with Crippen molar-refractivity contribution in [3.05, 3.63) is 64.7 Å². The first kappa shape index (κ1) is 22.2. The number of rotatable bonds is 5. The average Bonchev–Trinajstić information content (AvgIpc) is 2.76. The molecule has 0 atom stereocenters. The molecular formula is C22H24N2O4S2. The minimum Gasteiger partial charge on any atom is -0.452 e. The average molecular weight is 445 g/mol. The third-order valence-electron chi connectivity index (χ3n) is 4.69. The second-order valence-corrected chi connectivity index (χ2v) is 9.60. The number of hydrogen-bond acceptors (Lipinski definition) is 6. The normalized spacial score (nSPS) is 14.1. The van der Waals surface area contributed by atoms with Gasteiger partial charge in [-0.1, -0.05) is 24.3 Å². The second-order valence-electron chi connectivity index (χ2n) is 6.87. The van der Waals surface area contributed by atoms with E-state index in [2.05, 4.69) is 10.6 Å². The number of nitrogens with one attached hydrogen (secondary N) is 2. The maximum Gasteiger partial charge on any atom is 0.338 e. The summed E-state index contributed by atoms with van der Waals surface area (Å²) in [6.07, 6.45) is 1.22. The number of esters is 1. The molecule has 2 aromatic rings. The molecule has 8 heteroatoms. The van der Waals surface area contributed by atoms with Crippen molar-refractivity contribution >= 4 is 47.1 Å². The van der Waals surface area contributed by atoms with Crippen LogP contribution in [0.5, 0.6) is 0 Å². The predicted octanol–water partition coefficient (Wildman–Crippen LogP) is 4.68. The molecule has 2 aromatic carbocycles. The first-order valence-corrected chi connectivity index (χ1v) is 11.7. The van der Waals surface area contributed by atoms with Crippen LogP contribution < -0.4 is 10.6 Å². The van der Waals surface area contributed by atoms with E-state index in [1.165, 1.54) is 12.0 Å². The zero-order valence-electron chi connectivity index (χ0n) is 16.9. The van der Waals surface area contributed by atoms with Gasteiger partial charge in [0.2, 0.25) is 0 Å². The molecule has 0 aliphatic carbocycles. The molecule has 0 radical (unpaired) electrons. The number of carbonyl (C=O) groups is 3. The first-order valence-electron chi connectivity index (χ1n) is 9.61. The number of thioether (sulfide) groups is 2. The molecule has 158 valence electrons. The molecule has 2 N–H and O–H groups in total. The molecule has 30 heavy (non-hydrogen) atoms. The lowest BCUT2D eigenvalue weighted by Crippen LogP contribution is -2.37. The summed E-state index contributed by atoms with van der Waals surface area (Å²) in [5.41, 5.74) is 4.10. The van der Waals surface area contributed by atoms with Gasteiger partial charge in [0.05, 0.1) is 10.1 Å². The Morgan fingerprint density at radius 1 is 1.03 bits per heavy atom. The van der Waals surface area contributed by atoms with Gasteiger partial charge in [0, 0.05) is 5.69 Å². The van der Waals surface area contributed by atoms with E-state index in [-0.39, 0.29) is 0 Å². The summed E-state index contributed by atoms with van der Waals surface area (Å²) >= 11 is 3.82. The highest BCUT2D eigenvalue weighted by molar-refractivity contribution is 8.16. The minimum absolute atomic E-state index is 0.372. The van der Waals surface area contributed by atoms with Gasteiger partial charge in [0.25, 0.3) is 5.91 Å². The van der Waals surface area contributed by atoms with Crippen LogP contribution >= 0.6 is 23.5 Å². The van der Waals surface area contributed by atoms with Crippen LogP contribution in [0.1, 0.15) is 38.1 Å². The van der Waals surface area contributed by atoms with E-state index in [1.807, 2.05) is 61.6 Å². The van der Waals surface area contributed by atoms with E-state index in [1.54, 1.807) is 18.2 Å². The largest absolute Gasteiger partial charge is 0.452 e.